The zero-order valence-electron chi connectivity index (χ0n) is 19.7. The number of hydrogen-bond acceptors (Lipinski definition) is 6. The van der Waals surface area contributed by atoms with Crippen LogP contribution < -0.4 is 10.2 Å². The molecule has 4 rings (SSSR count). The molecule has 1 heterocycles. The Labute approximate surface area is 204 Å². The number of anilines is 1. The molecular formula is C28H27N3O2S. The highest BCUT2D eigenvalue weighted by Crippen LogP contribution is 2.25. The molecule has 6 heteroatoms. The Morgan fingerprint density at radius 1 is 1.03 bits per heavy atom. The summed E-state index contributed by atoms with van der Waals surface area (Å²) in [6.45, 7) is 8.48. The third-order valence-electron chi connectivity index (χ3n) is 5.28. The molecule has 0 saturated heterocycles. The number of esters is 1. The van der Waals surface area contributed by atoms with E-state index < -0.39 is 0 Å². The first kappa shape index (κ1) is 23.4. The largest absolute Gasteiger partial charge is 0.423 e. The predicted octanol–water partition coefficient (Wildman–Crippen LogP) is 7.08. The summed E-state index contributed by atoms with van der Waals surface area (Å²) in [7, 11) is 0. The van der Waals surface area contributed by atoms with Crippen LogP contribution in [-0.4, -0.2) is 17.2 Å². The highest BCUT2D eigenvalue weighted by atomic mass is 32.1. The van der Waals surface area contributed by atoms with Crippen LogP contribution in [0.25, 0.3) is 11.3 Å². The topological polar surface area (TPSA) is 63.6 Å². The van der Waals surface area contributed by atoms with E-state index in [1.54, 1.807) is 30.5 Å². The van der Waals surface area contributed by atoms with Crippen LogP contribution in [-0.2, 0) is 5.41 Å². The van der Waals surface area contributed by atoms with Gasteiger partial charge in [0.2, 0.25) is 5.13 Å². The number of benzene rings is 3. The van der Waals surface area contributed by atoms with Gasteiger partial charge >= 0.3 is 5.97 Å². The molecule has 0 amide bonds. The summed E-state index contributed by atoms with van der Waals surface area (Å²) in [5.41, 5.74) is 8.68. The molecule has 0 saturated carbocycles. The van der Waals surface area contributed by atoms with Crippen molar-refractivity contribution in [2.45, 2.75) is 33.1 Å². The Balaban J connectivity index is 1.37. The molecule has 0 atom stereocenters. The first-order chi connectivity index (χ1) is 16.3. The van der Waals surface area contributed by atoms with Crippen LogP contribution >= 0.6 is 11.3 Å². The second-order valence-corrected chi connectivity index (χ2v) is 9.92. The second kappa shape index (κ2) is 10.0. The molecule has 0 unspecified atom stereocenters. The number of carbonyl (C=O) groups is 1. The molecule has 34 heavy (non-hydrogen) atoms. The van der Waals surface area contributed by atoms with Crippen molar-refractivity contribution in [1.82, 2.24) is 4.98 Å². The molecule has 0 aliphatic carbocycles. The number of aromatic nitrogens is 1. The van der Waals surface area contributed by atoms with Crippen molar-refractivity contribution >= 4 is 28.7 Å². The molecular weight excluding hydrogens is 442 g/mol. The van der Waals surface area contributed by atoms with Crippen molar-refractivity contribution < 1.29 is 9.53 Å². The fourth-order valence-electron chi connectivity index (χ4n) is 3.27. The molecule has 4 aromatic rings. The molecule has 0 aliphatic rings. The van der Waals surface area contributed by atoms with Gasteiger partial charge in [-0.25, -0.2) is 9.78 Å². The number of hydrazone groups is 1. The minimum absolute atomic E-state index is 0.0327. The van der Waals surface area contributed by atoms with E-state index >= 15 is 0 Å². The fraction of sp³-hybridized carbons (Fsp3) is 0.179. The highest BCUT2D eigenvalue weighted by Gasteiger charge is 2.15. The van der Waals surface area contributed by atoms with E-state index in [2.05, 4.69) is 67.5 Å². The first-order valence-electron chi connectivity index (χ1n) is 11.0. The predicted molar refractivity (Wildman–Crippen MR) is 140 cm³/mol. The number of hydrogen-bond donors (Lipinski definition) is 1. The average molecular weight is 470 g/mol. The van der Waals surface area contributed by atoms with Crippen LogP contribution in [0.15, 0.2) is 83.3 Å². The van der Waals surface area contributed by atoms with Crippen molar-refractivity contribution in [2.24, 2.45) is 5.10 Å². The summed E-state index contributed by atoms with van der Waals surface area (Å²) in [5, 5.41) is 6.98. The van der Waals surface area contributed by atoms with E-state index in [0.29, 0.717) is 16.4 Å². The molecule has 5 nitrogen and oxygen atoms in total. The second-order valence-electron chi connectivity index (χ2n) is 9.06. The van der Waals surface area contributed by atoms with E-state index in [4.69, 9.17) is 4.74 Å². The Bertz CT molecular complexity index is 1300. The van der Waals surface area contributed by atoms with Crippen molar-refractivity contribution in [3.05, 3.63) is 100 Å². The first-order valence-corrected chi connectivity index (χ1v) is 11.9. The molecule has 0 spiro atoms. The lowest BCUT2D eigenvalue weighted by Gasteiger charge is -2.18. The summed E-state index contributed by atoms with van der Waals surface area (Å²) >= 11 is 1.49. The Kier molecular flexibility index (Phi) is 6.89. The third kappa shape index (κ3) is 5.97. The minimum Gasteiger partial charge on any atom is -0.423 e. The summed E-state index contributed by atoms with van der Waals surface area (Å²) in [4.78, 5) is 17.1. The molecule has 1 N–H and O–H groups in total. The van der Waals surface area contributed by atoms with Gasteiger partial charge in [-0.2, -0.15) is 5.10 Å². The van der Waals surface area contributed by atoms with E-state index in [9.17, 15) is 4.79 Å². The monoisotopic (exact) mass is 469 g/mol. The van der Waals surface area contributed by atoms with Gasteiger partial charge in [-0.1, -0.05) is 74.9 Å². The molecule has 0 radical (unpaired) electrons. The molecule has 1 aromatic heterocycles. The maximum atomic E-state index is 12.5. The lowest BCUT2D eigenvalue weighted by Crippen LogP contribution is -2.13. The van der Waals surface area contributed by atoms with Gasteiger partial charge in [-0.3, -0.25) is 5.43 Å². The van der Waals surface area contributed by atoms with Crippen molar-refractivity contribution in [3.63, 3.8) is 0 Å². The van der Waals surface area contributed by atoms with Crippen molar-refractivity contribution in [2.75, 3.05) is 5.43 Å². The number of nitrogens with one attached hydrogen (secondary N) is 1. The van der Waals surface area contributed by atoms with E-state index in [1.165, 1.54) is 22.5 Å². The number of nitrogens with zero attached hydrogens (tertiary/aromatic N) is 2. The molecule has 3 aromatic carbocycles. The number of thiazole rings is 1. The van der Waals surface area contributed by atoms with Crippen LogP contribution in [0.5, 0.6) is 5.75 Å². The van der Waals surface area contributed by atoms with E-state index in [0.717, 1.165) is 16.8 Å². The quantitative estimate of drug-likeness (QED) is 0.142. The van der Waals surface area contributed by atoms with Crippen LogP contribution in [0.3, 0.4) is 0 Å². The summed E-state index contributed by atoms with van der Waals surface area (Å²) in [5.74, 6) is 0.0730. The molecule has 0 aliphatic heterocycles. The Hall–Kier alpha value is -3.77. The zero-order chi connectivity index (χ0) is 24.1. The van der Waals surface area contributed by atoms with Gasteiger partial charge in [0.25, 0.3) is 0 Å². The zero-order valence-corrected chi connectivity index (χ0v) is 20.5. The minimum atomic E-state index is -0.390. The van der Waals surface area contributed by atoms with Gasteiger partial charge in [0.05, 0.1) is 17.5 Å². The molecule has 172 valence electrons. The number of aryl methyl sites for hydroxylation is 1. The summed E-state index contributed by atoms with van der Waals surface area (Å²) in [6, 6.07) is 23.0. The van der Waals surface area contributed by atoms with Crippen molar-refractivity contribution in [3.8, 4) is 17.0 Å². The SMILES string of the molecule is Cc1ccc(-c2csc(N/N=C\c3cccc(OC(=O)c4ccc(C(C)(C)C)cc4)c3)n2)cc1. The summed E-state index contributed by atoms with van der Waals surface area (Å²) < 4.78 is 5.56. The smallest absolute Gasteiger partial charge is 0.343 e. The lowest BCUT2D eigenvalue weighted by atomic mass is 9.87. The van der Waals surface area contributed by atoms with Gasteiger partial charge < -0.3 is 4.74 Å². The number of carbonyl (C=O) groups excluding carboxylic acids is 1. The van der Waals surface area contributed by atoms with E-state index in [-0.39, 0.29) is 11.4 Å². The van der Waals surface area contributed by atoms with Crippen molar-refractivity contribution in [1.29, 1.82) is 0 Å². The maximum absolute atomic E-state index is 12.5. The standard InChI is InChI=1S/C28H27N3O2S/c1-19-8-10-21(11-9-19)25-18-34-27(30-25)31-29-17-20-6-5-7-24(16-20)33-26(32)22-12-14-23(15-13-22)28(2,3)4/h5-18H,1-4H3,(H,30,31)/b29-17-. The van der Waals surface area contributed by atoms with Gasteiger partial charge in [-0.05, 0) is 47.7 Å². The van der Waals surface area contributed by atoms with Gasteiger partial charge in [0.15, 0.2) is 0 Å². The summed E-state index contributed by atoms with van der Waals surface area (Å²) in [6.07, 6.45) is 1.67. The Morgan fingerprint density at radius 3 is 2.47 bits per heavy atom. The molecule has 0 bridgehead atoms. The lowest BCUT2D eigenvalue weighted by molar-refractivity contribution is 0.0734. The van der Waals surface area contributed by atoms with Gasteiger partial charge in [0, 0.05) is 10.9 Å². The average Bonchev–Trinajstić information content (AvgIpc) is 3.28. The fourth-order valence-corrected chi connectivity index (χ4v) is 3.94. The Morgan fingerprint density at radius 2 is 1.76 bits per heavy atom. The third-order valence-corrected chi connectivity index (χ3v) is 6.03. The van der Waals surface area contributed by atoms with Crippen LogP contribution in [0.1, 0.15) is 47.8 Å². The number of rotatable bonds is 6. The van der Waals surface area contributed by atoms with Crippen LogP contribution in [0.4, 0.5) is 5.13 Å². The highest BCUT2D eigenvalue weighted by molar-refractivity contribution is 7.14. The van der Waals surface area contributed by atoms with Gasteiger partial charge in [0.1, 0.15) is 5.75 Å². The van der Waals surface area contributed by atoms with Crippen LogP contribution in [0, 0.1) is 6.92 Å². The van der Waals surface area contributed by atoms with Crippen LogP contribution in [0.2, 0.25) is 0 Å². The van der Waals surface area contributed by atoms with E-state index in [1.807, 2.05) is 29.6 Å². The maximum Gasteiger partial charge on any atom is 0.343 e. The van der Waals surface area contributed by atoms with Gasteiger partial charge in [-0.15, -0.1) is 11.3 Å². The number of ether oxygens (including phenoxy) is 1. The molecule has 0 fully saturated rings. The normalized spacial score (nSPS) is 11.5.